The summed E-state index contributed by atoms with van der Waals surface area (Å²) in [6, 6.07) is 8.35. The lowest BCUT2D eigenvalue weighted by Gasteiger charge is -2.02. The van der Waals surface area contributed by atoms with Crippen LogP contribution in [-0.2, 0) is 9.59 Å². The number of amides is 1. The first-order chi connectivity index (χ1) is 8.11. The highest BCUT2D eigenvalue weighted by atomic mass is 16.4. The van der Waals surface area contributed by atoms with Crippen molar-refractivity contribution in [3.63, 3.8) is 0 Å². The highest BCUT2D eigenvalue weighted by Gasteiger charge is 2.00. The molecule has 2 N–H and O–H groups in total. The van der Waals surface area contributed by atoms with Crippen molar-refractivity contribution in [2.75, 3.05) is 5.32 Å². The minimum atomic E-state index is -1.02. The number of anilines is 1. The number of nitrogens with zero attached hydrogens (tertiary/aromatic N) is 1. The fourth-order valence-electron chi connectivity index (χ4n) is 1.12. The van der Waals surface area contributed by atoms with Crippen molar-refractivity contribution in [1.82, 2.24) is 0 Å². The first-order valence-electron chi connectivity index (χ1n) is 4.79. The van der Waals surface area contributed by atoms with E-state index in [9.17, 15) is 9.59 Å². The smallest absolute Gasteiger partial charge is 0.328 e. The van der Waals surface area contributed by atoms with E-state index in [1.165, 1.54) is 6.08 Å². The van der Waals surface area contributed by atoms with E-state index in [4.69, 9.17) is 10.4 Å². The molecule has 1 rings (SSSR count). The predicted octanol–water partition coefficient (Wildman–Crippen LogP) is 1.64. The van der Waals surface area contributed by atoms with E-state index in [-0.39, 0.29) is 12.3 Å². The van der Waals surface area contributed by atoms with Crippen LogP contribution in [0.15, 0.2) is 30.3 Å². The number of nitriles is 1. The predicted molar refractivity (Wildman–Crippen MR) is 62.0 cm³/mol. The molecule has 17 heavy (non-hydrogen) atoms. The number of carbonyl (C=O) groups is 2. The van der Waals surface area contributed by atoms with Crippen molar-refractivity contribution >= 4 is 23.6 Å². The fraction of sp³-hybridized carbons (Fsp3) is 0.0833. The van der Waals surface area contributed by atoms with E-state index in [1.54, 1.807) is 30.3 Å². The van der Waals surface area contributed by atoms with Crippen LogP contribution in [0.4, 0.5) is 5.69 Å². The molecular weight excluding hydrogens is 220 g/mol. The van der Waals surface area contributed by atoms with Crippen LogP contribution in [0.2, 0.25) is 0 Å². The number of carbonyl (C=O) groups excluding carboxylic acids is 1. The average Bonchev–Trinajstić information content (AvgIpc) is 2.28. The molecule has 0 atom stereocenters. The van der Waals surface area contributed by atoms with E-state index < -0.39 is 5.97 Å². The lowest BCUT2D eigenvalue weighted by molar-refractivity contribution is -0.131. The molecule has 0 saturated heterocycles. The Kier molecular flexibility index (Phi) is 4.45. The summed E-state index contributed by atoms with van der Waals surface area (Å²) >= 11 is 0. The summed E-state index contributed by atoms with van der Waals surface area (Å²) in [6.45, 7) is 0. The Morgan fingerprint density at radius 3 is 2.53 bits per heavy atom. The van der Waals surface area contributed by atoms with Gasteiger partial charge in [0.1, 0.15) is 6.42 Å². The van der Waals surface area contributed by atoms with E-state index in [1.807, 2.05) is 0 Å². The van der Waals surface area contributed by atoms with Crippen molar-refractivity contribution in [1.29, 1.82) is 5.26 Å². The molecule has 0 heterocycles. The van der Waals surface area contributed by atoms with Crippen molar-refractivity contribution in [3.05, 3.63) is 35.9 Å². The molecule has 1 amide bonds. The molecule has 0 spiro atoms. The summed E-state index contributed by atoms with van der Waals surface area (Å²) in [5.41, 5.74) is 1.28. The highest BCUT2D eigenvalue weighted by molar-refractivity contribution is 5.92. The second kappa shape index (κ2) is 6.08. The van der Waals surface area contributed by atoms with Crippen LogP contribution in [0.5, 0.6) is 0 Å². The number of carboxylic acids is 1. The second-order valence-corrected chi connectivity index (χ2v) is 3.18. The van der Waals surface area contributed by atoms with Gasteiger partial charge in [-0.15, -0.1) is 0 Å². The van der Waals surface area contributed by atoms with Crippen molar-refractivity contribution in [2.45, 2.75) is 6.42 Å². The number of benzene rings is 1. The monoisotopic (exact) mass is 230 g/mol. The van der Waals surface area contributed by atoms with E-state index in [0.29, 0.717) is 11.3 Å². The molecule has 0 aliphatic carbocycles. The van der Waals surface area contributed by atoms with Crippen LogP contribution in [-0.4, -0.2) is 17.0 Å². The molecule has 0 aliphatic rings. The third-order valence-corrected chi connectivity index (χ3v) is 1.85. The lowest BCUT2D eigenvalue weighted by atomic mass is 10.2. The van der Waals surface area contributed by atoms with E-state index >= 15 is 0 Å². The first-order valence-corrected chi connectivity index (χ1v) is 4.79. The maximum atomic E-state index is 11.1. The van der Waals surface area contributed by atoms with E-state index in [2.05, 4.69) is 5.32 Å². The van der Waals surface area contributed by atoms with E-state index in [0.717, 1.165) is 6.08 Å². The first kappa shape index (κ1) is 12.5. The lowest BCUT2D eigenvalue weighted by Crippen LogP contribution is -2.09. The van der Waals surface area contributed by atoms with Gasteiger partial charge in [0.15, 0.2) is 0 Å². The van der Waals surface area contributed by atoms with Gasteiger partial charge < -0.3 is 10.4 Å². The topological polar surface area (TPSA) is 90.2 Å². The minimum absolute atomic E-state index is 0.194. The van der Waals surface area contributed by atoms with Gasteiger partial charge in [0, 0.05) is 11.8 Å². The van der Waals surface area contributed by atoms with Gasteiger partial charge in [-0.25, -0.2) is 4.79 Å². The van der Waals surface area contributed by atoms with Gasteiger partial charge >= 0.3 is 5.97 Å². The molecule has 0 unspecified atom stereocenters. The fourth-order valence-corrected chi connectivity index (χ4v) is 1.12. The molecule has 0 aromatic heterocycles. The Morgan fingerprint density at radius 2 is 2.00 bits per heavy atom. The van der Waals surface area contributed by atoms with Gasteiger partial charge in [-0.3, -0.25) is 4.79 Å². The summed E-state index contributed by atoms with van der Waals surface area (Å²) in [5, 5.41) is 19.3. The SMILES string of the molecule is N#CCC(=O)Nc1ccc(C=CC(=O)O)cc1. The molecule has 0 aliphatic heterocycles. The molecule has 0 radical (unpaired) electrons. The Balaban J connectivity index is 2.65. The van der Waals surface area contributed by atoms with Gasteiger partial charge in [-0.2, -0.15) is 5.26 Å². The third-order valence-electron chi connectivity index (χ3n) is 1.85. The van der Waals surface area contributed by atoms with Crippen LogP contribution >= 0.6 is 0 Å². The van der Waals surface area contributed by atoms with Gasteiger partial charge in [0.25, 0.3) is 0 Å². The number of hydrogen-bond donors (Lipinski definition) is 2. The summed E-state index contributed by atoms with van der Waals surface area (Å²) in [7, 11) is 0. The van der Waals surface area contributed by atoms with Crippen LogP contribution < -0.4 is 5.32 Å². The number of hydrogen-bond acceptors (Lipinski definition) is 3. The van der Waals surface area contributed by atoms with Gasteiger partial charge in [-0.1, -0.05) is 12.1 Å². The minimum Gasteiger partial charge on any atom is -0.478 e. The Morgan fingerprint density at radius 1 is 1.35 bits per heavy atom. The standard InChI is InChI=1S/C12H10N2O3/c13-8-7-11(15)14-10-4-1-9(2-5-10)3-6-12(16)17/h1-6H,7H2,(H,14,15)(H,16,17). The zero-order valence-corrected chi connectivity index (χ0v) is 8.88. The largest absolute Gasteiger partial charge is 0.478 e. The second-order valence-electron chi connectivity index (χ2n) is 3.18. The molecule has 5 heteroatoms. The molecule has 0 fully saturated rings. The zero-order valence-electron chi connectivity index (χ0n) is 8.88. The number of carboxylic acid groups (broad SMARTS) is 1. The molecule has 86 valence electrons. The summed E-state index contributed by atoms with van der Waals surface area (Å²) in [5.74, 6) is -1.39. The van der Waals surface area contributed by atoms with Crippen LogP contribution in [0.1, 0.15) is 12.0 Å². The Bertz CT molecular complexity index is 483. The van der Waals surface area contributed by atoms with Gasteiger partial charge in [-0.05, 0) is 23.8 Å². The van der Waals surface area contributed by atoms with Crippen molar-refractivity contribution in [3.8, 4) is 6.07 Å². The Hall–Kier alpha value is -2.61. The number of rotatable bonds is 4. The maximum Gasteiger partial charge on any atom is 0.328 e. The maximum absolute atomic E-state index is 11.1. The molecule has 0 saturated carbocycles. The number of nitrogens with one attached hydrogen (secondary N) is 1. The van der Waals surface area contributed by atoms with Gasteiger partial charge in [0.05, 0.1) is 6.07 Å². The molecule has 1 aromatic carbocycles. The summed E-state index contributed by atoms with van der Waals surface area (Å²) < 4.78 is 0. The van der Waals surface area contributed by atoms with Crippen molar-refractivity contribution in [2.24, 2.45) is 0 Å². The van der Waals surface area contributed by atoms with Crippen LogP contribution in [0.3, 0.4) is 0 Å². The van der Waals surface area contributed by atoms with Crippen LogP contribution in [0.25, 0.3) is 6.08 Å². The highest BCUT2D eigenvalue weighted by Crippen LogP contribution is 2.10. The Labute approximate surface area is 98.0 Å². The molecule has 5 nitrogen and oxygen atoms in total. The van der Waals surface area contributed by atoms with Crippen LogP contribution in [0, 0.1) is 11.3 Å². The summed E-state index contributed by atoms with van der Waals surface area (Å²) in [4.78, 5) is 21.4. The van der Waals surface area contributed by atoms with Gasteiger partial charge in [0.2, 0.25) is 5.91 Å². The third kappa shape index (κ3) is 4.62. The normalized spacial score (nSPS) is 9.82. The molecular formula is C12H10N2O3. The quantitative estimate of drug-likeness (QED) is 0.769. The average molecular weight is 230 g/mol. The van der Waals surface area contributed by atoms with Crippen molar-refractivity contribution < 1.29 is 14.7 Å². The molecule has 0 bridgehead atoms. The summed E-state index contributed by atoms with van der Waals surface area (Å²) in [6.07, 6.45) is 2.28. The molecule has 1 aromatic rings. The number of aliphatic carboxylic acids is 1. The zero-order chi connectivity index (χ0) is 12.7.